The van der Waals surface area contributed by atoms with Gasteiger partial charge in [-0.2, -0.15) is 0 Å². The average Bonchev–Trinajstić information content (AvgIpc) is 3.35. The second kappa shape index (κ2) is 10.0. The summed E-state index contributed by atoms with van der Waals surface area (Å²) in [6.07, 6.45) is 4.07. The van der Waals surface area contributed by atoms with Crippen molar-refractivity contribution < 1.29 is 4.42 Å². The number of furan rings is 1. The second-order valence-corrected chi connectivity index (χ2v) is 6.85. The van der Waals surface area contributed by atoms with Gasteiger partial charge in [0.1, 0.15) is 12.3 Å². The van der Waals surface area contributed by atoms with Gasteiger partial charge in [0, 0.05) is 26.2 Å². The number of hydrogen-bond donors (Lipinski definition) is 2. The van der Waals surface area contributed by atoms with Crippen LogP contribution in [0, 0.1) is 5.92 Å². The Bertz CT molecular complexity index is 654. The van der Waals surface area contributed by atoms with Gasteiger partial charge in [0.25, 0.3) is 0 Å². The van der Waals surface area contributed by atoms with Crippen LogP contribution in [-0.2, 0) is 13.0 Å². The Balaban J connectivity index is 1.40. The summed E-state index contributed by atoms with van der Waals surface area (Å²) < 4.78 is 5.35. The van der Waals surface area contributed by atoms with Crippen molar-refractivity contribution in [2.75, 3.05) is 32.7 Å². The third kappa shape index (κ3) is 5.92. The monoisotopic (exact) mass is 354 g/mol. The van der Waals surface area contributed by atoms with Gasteiger partial charge in [0.2, 0.25) is 0 Å². The fraction of sp³-hybridized carbons (Fsp3) is 0.476. The minimum absolute atomic E-state index is 0.566. The molecule has 1 unspecified atom stereocenters. The van der Waals surface area contributed by atoms with Crippen molar-refractivity contribution in [2.45, 2.75) is 26.3 Å². The van der Waals surface area contributed by atoms with Gasteiger partial charge in [-0.05, 0) is 49.9 Å². The largest absolute Gasteiger partial charge is 0.467 e. The number of nitrogens with zero attached hydrogens (tertiary/aromatic N) is 2. The van der Waals surface area contributed by atoms with E-state index in [1.807, 2.05) is 12.1 Å². The van der Waals surface area contributed by atoms with Crippen molar-refractivity contribution in [1.29, 1.82) is 0 Å². The topological polar surface area (TPSA) is 52.8 Å². The zero-order valence-corrected chi connectivity index (χ0v) is 15.7. The van der Waals surface area contributed by atoms with Crippen LogP contribution in [0.1, 0.15) is 24.7 Å². The summed E-state index contributed by atoms with van der Waals surface area (Å²) in [7, 11) is 0. The molecule has 140 valence electrons. The van der Waals surface area contributed by atoms with E-state index < -0.39 is 0 Å². The molecule has 2 N–H and O–H groups in total. The molecule has 5 nitrogen and oxygen atoms in total. The lowest BCUT2D eigenvalue weighted by Crippen LogP contribution is -2.40. The Labute approximate surface area is 156 Å². The Hall–Kier alpha value is -2.27. The van der Waals surface area contributed by atoms with Gasteiger partial charge in [0.15, 0.2) is 5.96 Å². The van der Waals surface area contributed by atoms with Gasteiger partial charge in [-0.15, -0.1) is 0 Å². The fourth-order valence-electron chi connectivity index (χ4n) is 3.36. The van der Waals surface area contributed by atoms with Crippen LogP contribution in [-0.4, -0.2) is 43.6 Å². The zero-order chi connectivity index (χ0) is 18.0. The lowest BCUT2D eigenvalue weighted by atomic mass is 10.1. The van der Waals surface area contributed by atoms with E-state index in [-0.39, 0.29) is 0 Å². The average molecular weight is 354 g/mol. The Morgan fingerprint density at radius 2 is 2.08 bits per heavy atom. The molecule has 2 aromatic rings. The highest BCUT2D eigenvalue weighted by Crippen LogP contribution is 2.16. The molecule has 26 heavy (non-hydrogen) atoms. The molecule has 0 amide bonds. The maximum atomic E-state index is 5.35. The van der Waals surface area contributed by atoms with E-state index >= 15 is 0 Å². The normalized spacial score (nSPS) is 18.2. The van der Waals surface area contributed by atoms with E-state index in [2.05, 4.69) is 57.8 Å². The van der Waals surface area contributed by atoms with Gasteiger partial charge in [-0.3, -0.25) is 0 Å². The van der Waals surface area contributed by atoms with Gasteiger partial charge in [0.05, 0.1) is 6.26 Å². The second-order valence-electron chi connectivity index (χ2n) is 6.85. The number of hydrogen-bond acceptors (Lipinski definition) is 3. The van der Waals surface area contributed by atoms with E-state index in [1.54, 1.807) is 6.26 Å². The molecule has 1 saturated heterocycles. The molecule has 0 bridgehead atoms. The fourth-order valence-corrected chi connectivity index (χ4v) is 3.36. The first-order valence-corrected chi connectivity index (χ1v) is 9.64. The van der Waals surface area contributed by atoms with E-state index in [4.69, 9.17) is 4.42 Å². The first kappa shape index (κ1) is 18.5. The van der Waals surface area contributed by atoms with Crippen molar-refractivity contribution in [3.8, 4) is 0 Å². The third-order valence-electron chi connectivity index (χ3n) is 4.81. The van der Waals surface area contributed by atoms with Crippen LogP contribution in [0.5, 0.6) is 0 Å². The highest BCUT2D eigenvalue weighted by Gasteiger charge is 2.22. The van der Waals surface area contributed by atoms with Crippen LogP contribution >= 0.6 is 0 Å². The number of likely N-dealkylation sites (tertiary alicyclic amines) is 1. The minimum Gasteiger partial charge on any atom is -0.467 e. The number of guanidine groups is 1. The number of aliphatic imine (C=N–C) groups is 1. The summed E-state index contributed by atoms with van der Waals surface area (Å²) in [6.45, 7) is 7.98. The molecule has 3 rings (SSSR count). The molecular formula is C21H30N4O. The Morgan fingerprint density at radius 3 is 2.85 bits per heavy atom. The van der Waals surface area contributed by atoms with Crippen LogP contribution in [0.4, 0.5) is 0 Å². The summed E-state index contributed by atoms with van der Waals surface area (Å²) in [4.78, 5) is 7.17. The van der Waals surface area contributed by atoms with Crippen LogP contribution < -0.4 is 10.6 Å². The van der Waals surface area contributed by atoms with Crippen molar-refractivity contribution >= 4 is 5.96 Å². The van der Waals surface area contributed by atoms with Gasteiger partial charge >= 0.3 is 0 Å². The highest BCUT2D eigenvalue weighted by atomic mass is 16.3. The van der Waals surface area contributed by atoms with Crippen molar-refractivity contribution in [2.24, 2.45) is 10.9 Å². The molecule has 2 heterocycles. The van der Waals surface area contributed by atoms with Crippen molar-refractivity contribution in [1.82, 2.24) is 15.5 Å². The van der Waals surface area contributed by atoms with Crippen LogP contribution in [0.15, 0.2) is 58.1 Å². The number of rotatable bonds is 8. The van der Waals surface area contributed by atoms with E-state index in [0.717, 1.165) is 44.3 Å². The molecule has 1 fully saturated rings. The summed E-state index contributed by atoms with van der Waals surface area (Å²) in [5, 5.41) is 6.80. The molecule has 0 radical (unpaired) electrons. The molecule has 0 aliphatic carbocycles. The molecule has 1 aromatic heterocycles. The quantitative estimate of drug-likeness (QED) is 0.565. The summed E-state index contributed by atoms with van der Waals surface area (Å²) >= 11 is 0. The third-order valence-corrected chi connectivity index (χ3v) is 4.81. The van der Waals surface area contributed by atoms with Gasteiger partial charge in [-0.1, -0.05) is 30.3 Å². The first-order chi connectivity index (χ1) is 12.8. The summed E-state index contributed by atoms with van der Waals surface area (Å²) in [5.41, 5.74) is 1.42. The zero-order valence-electron chi connectivity index (χ0n) is 15.7. The molecule has 1 aliphatic rings. The molecular weight excluding hydrogens is 324 g/mol. The van der Waals surface area contributed by atoms with E-state index in [0.29, 0.717) is 12.5 Å². The Kier molecular flexibility index (Phi) is 7.14. The van der Waals surface area contributed by atoms with Gasteiger partial charge < -0.3 is 20.0 Å². The van der Waals surface area contributed by atoms with Gasteiger partial charge in [-0.25, -0.2) is 4.99 Å². The molecule has 0 saturated carbocycles. The molecule has 5 heteroatoms. The number of nitrogens with one attached hydrogen (secondary N) is 2. The SMILES string of the molecule is CCNC(=NCc1ccco1)NCC1CCN(CCc2ccccc2)C1. The molecule has 1 aliphatic heterocycles. The highest BCUT2D eigenvalue weighted by molar-refractivity contribution is 5.79. The van der Waals surface area contributed by atoms with Crippen molar-refractivity contribution in [3.05, 3.63) is 60.1 Å². The maximum absolute atomic E-state index is 5.35. The summed E-state index contributed by atoms with van der Waals surface area (Å²) in [6, 6.07) is 14.6. The standard InChI is InChI=1S/C21H30N4O/c1-2-22-21(24-16-20-9-6-14-26-20)23-15-19-11-13-25(17-19)12-10-18-7-4-3-5-8-18/h3-9,14,19H,2,10-13,15-17H2,1H3,(H2,22,23,24). The summed E-state index contributed by atoms with van der Waals surface area (Å²) in [5.74, 6) is 2.43. The smallest absolute Gasteiger partial charge is 0.191 e. The van der Waals surface area contributed by atoms with E-state index in [1.165, 1.54) is 18.5 Å². The maximum Gasteiger partial charge on any atom is 0.191 e. The van der Waals surface area contributed by atoms with Crippen LogP contribution in [0.3, 0.4) is 0 Å². The first-order valence-electron chi connectivity index (χ1n) is 9.64. The van der Waals surface area contributed by atoms with Crippen LogP contribution in [0.2, 0.25) is 0 Å². The molecule has 0 spiro atoms. The van der Waals surface area contributed by atoms with E-state index in [9.17, 15) is 0 Å². The lowest BCUT2D eigenvalue weighted by molar-refractivity contribution is 0.328. The Morgan fingerprint density at radius 1 is 1.19 bits per heavy atom. The lowest BCUT2D eigenvalue weighted by Gasteiger charge is -2.17. The minimum atomic E-state index is 0.566. The predicted molar refractivity (Wildman–Crippen MR) is 106 cm³/mol. The molecule has 1 aromatic carbocycles. The molecule has 1 atom stereocenters. The number of benzene rings is 1. The van der Waals surface area contributed by atoms with Crippen LogP contribution in [0.25, 0.3) is 0 Å². The van der Waals surface area contributed by atoms with Crippen molar-refractivity contribution in [3.63, 3.8) is 0 Å². The predicted octanol–water partition coefficient (Wildman–Crippen LogP) is 2.90.